The highest BCUT2D eigenvalue weighted by molar-refractivity contribution is 6.24. The van der Waals surface area contributed by atoms with Gasteiger partial charge >= 0.3 is 12.1 Å². The van der Waals surface area contributed by atoms with Gasteiger partial charge in [0.05, 0.1) is 11.6 Å². The molecular formula is C19H18F2N4O2. The lowest BCUT2D eigenvalue weighted by atomic mass is 9.94. The Hall–Kier alpha value is -3.16. The van der Waals surface area contributed by atoms with E-state index in [4.69, 9.17) is 0 Å². The van der Waals surface area contributed by atoms with E-state index in [0.29, 0.717) is 18.7 Å². The second kappa shape index (κ2) is 8.03. The number of hydrogen-bond acceptors (Lipinski definition) is 2. The van der Waals surface area contributed by atoms with E-state index in [0.717, 1.165) is 18.6 Å². The van der Waals surface area contributed by atoms with Crippen molar-refractivity contribution >= 4 is 29.3 Å². The van der Waals surface area contributed by atoms with Crippen LogP contribution in [-0.2, 0) is 0 Å². The molecule has 1 aliphatic heterocycles. The third-order valence-corrected chi connectivity index (χ3v) is 4.16. The van der Waals surface area contributed by atoms with Crippen molar-refractivity contribution in [2.45, 2.75) is 19.8 Å². The molecule has 0 fully saturated rings. The van der Waals surface area contributed by atoms with E-state index in [1.54, 1.807) is 24.3 Å². The molecule has 0 aromatic heterocycles. The molecule has 6 nitrogen and oxygen atoms in total. The number of carbonyl (C=O) groups is 2. The number of carbonyl (C=O) groups excluding carboxylic acids is 2. The minimum Gasteiger partial charge on any atom is -0.301 e. The Morgan fingerprint density at radius 3 is 2.74 bits per heavy atom. The Bertz CT molecular complexity index is 869. The number of amides is 4. The molecule has 1 atom stereocenters. The van der Waals surface area contributed by atoms with E-state index >= 15 is 0 Å². The molecule has 1 aliphatic carbocycles. The van der Waals surface area contributed by atoms with Crippen LogP contribution in [0, 0.1) is 17.6 Å². The van der Waals surface area contributed by atoms with E-state index in [-0.39, 0.29) is 5.84 Å². The number of hydrogen-bond donors (Lipinski definition) is 1. The van der Waals surface area contributed by atoms with Crippen molar-refractivity contribution in [3.63, 3.8) is 0 Å². The summed E-state index contributed by atoms with van der Waals surface area (Å²) in [4.78, 5) is 34.0. The Labute approximate surface area is 155 Å². The minimum atomic E-state index is -0.965. The van der Waals surface area contributed by atoms with Crippen LogP contribution in [0.4, 0.5) is 24.1 Å². The lowest BCUT2D eigenvalue weighted by Crippen LogP contribution is -2.47. The molecule has 27 heavy (non-hydrogen) atoms. The number of urea groups is 2. The molecule has 2 aliphatic rings. The highest BCUT2D eigenvalue weighted by atomic mass is 19.1. The molecule has 4 amide bonds. The maximum absolute atomic E-state index is 13.8. The monoisotopic (exact) mass is 372 g/mol. The van der Waals surface area contributed by atoms with E-state index in [2.05, 4.69) is 15.3 Å². The number of halogens is 2. The fourth-order valence-electron chi connectivity index (χ4n) is 2.81. The molecule has 1 aromatic carbocycles. The summed E-state index contributed by atoms with van der Waals surface area (Å²) in [5.41, 5.74) is -0.110. The predicted octanol–water partition coefficient (Wildman–Crippen LogP) is 4.31. The van der Waals surface area contributed by atoms with Crippen molar-refractivity contribution in [2.75, 3.05) is 11.9 Å². The first-order valence-electron chi connectivity index (χ1n) is 8.59. The quantitative estimate of drug-likeness (QED) is 0.855. The minimum absolute atomic E-state index is 0.188. The van der Waals surface area contributed by atoms with Crippen LogP contribution >= 0.6 is 0 Å². The summed E-state index contributed by atoms with van der Waals surface area (Å²) in [5.74, 6) is -2.10. The smallest absolute Gasteiger partial charge is 0.301 e. The van der Waals surface area contributed by atoms with Gasteiger partial charge in [-0.05, 0) is 24.6 Å². The first-order chi connectivity index (χ1) is 13.0. The highest BCUT2D eigenvalue weighted by Gasteiger charge is 2.34. The third-order valence-electron chi connectivity index (χ3n) is 4.16. The van der Waals surface area contributed by atoms with Gasteiger partial charge in [0.15, 0.2) is 0 Å². The first-order valence-corrected chi connectivity index (χ1v) is 8.59. The van der Waals surface area contributed by atoms with E-state index in [1.165, 1.54) is 11.0 Å². The summed E-state index contributed by atoms with van der Waals surface area (Å²) < 4.78 is 27.5. The number of rotatable bonds is 4. The maximum Gasteiger partial charge on any atom is 0.349 e. The van der Waals surface area contributed by atoms with E-state index in [1.807, 2.05) is 6.92 Å². The number of aliphatic imine (C=N–C) groups is 2. The second-order valence-electron chi connectivity index (χ2n) is 6.04. The van der Waals surface area contributed by atoms with Crippen molar-refractivity contribution in [3.05, 3.63) is 54.1 Å². The normalized spacial score (nSPS) is 19.9. The molecule has 0 saturated heterocycles. The number of nitrogens with zero attached hydrogens (tertiary/aromatic N) is 3. The molecule has 8 heteroatoms. The molecule has 1 unspecified atom stereocenters. The van der Waals surface area contributed by atoms with Crippen molar-refractivity contribution in [1.29, 1.82) is 0 Å². The Morgan fingerprint density at radius 1 is 1.30 bits per heavy atom. The summed E-state index contributed by atoms with van der Waals surface area (Å²) in [6.07, 6.45) is 8.47. The van der Waals surface area contributed by atoms with Gasteiger partial charge in [0.1, 0.15) is 23.2 Å². The molecule has 1 heterocycles. The third kappa shape index (κ3) is 3.99. The number of fused-ring (bicyclic) bond motifs is 1. The van der Waals surface area contributed by atoms with Crippen molar-refractivity contribution in [2.24, 2.45) is 15.9 Å². The van der Waals surface area contributed by atoms with Gasteiger partial charge in [0, 0.05) is 6.54 Å². The fraction of sp³-hybridized carbons (Fsp3) is 0.263. The molecular weight excluding hydrogens is 354 g/mol. The Balaban J connectivity index is 1.93. The largest absolute Gasteiger partial charge is 0.349 e. The van der Waals surface area contributed by atoms with Gasteiger partial charge < -0.3 is 5.32 Å². The number of anilines is 1. The zero-order valence-electron chi connectivity index (χ0n) is 14.7. The van der Waals surface area contributed by atoms with Crippen LogP contribution in [-0.4, -0.2) is 35.1 Å². The summed E-state index contributed by atoms with van der Waals surface area (Å²) in [7, 11) is 0. The molecule has 140 valence electrons. The molecule has 3 rings (SSSR count). The Morgan fingerprint density at radius 2 is 2.04 bits per heavy atom. The zero-order chi connectivity index (χ0) is 19.4. The summed E-state index contributed by atoms with van der Waals surface area (Å²) in [5, 5.41) is 2.12. The van der Waals surface area contributed by atoms with E-state index < -0.39 is 35.3 Å². The van der Waals surface area contributed by atoms with Crippen LogP contribution < -0.4 is 5.32 Å². The number of unbranched alkanes of at least 4 members (excludes halogenated alkanes) is 1. The maximum atomic E-state index is 13.8. The predicted molar refractivity (Wildman–Crippen MR) is 99.0 cm³/mol. The molecule has 0 spiro atoms. The van der Waals surface area contributed by atoms with Gasteiger partial charge in [0.25, 0.3) is 0 Å². The molecule has 0 radical (unpaired) electrons. The van der Waals surface area contributed by atoms with Gasteiger partial charge in [-0.15, -0.1) is 0 Å². The number of para-hydroxylation sites is 1. The average molecular weight is 372 g/mol. The van der Waals surface area contributed by atoms with Crippen LogP contribution in [0.2, 0.25) is 0 Å². The standard InChI is InChI=1S/C19H18F2N4O2/c1-2-3-11-25-17(12-7-4-5-10-15(12)22-19(25)27)24-18(26)23-16-13(20)8-6-9-14(16)21/h4-10,12H,2-3,11H2,1H3,(H,23,26)/b24-17-. The van der Waals surface area contributed by atoms with Crippen molar-refractivity contribution < 1.29 is 18.4 Å². The number of benzene rings is 1. The first kappa shape index (κ1) is 18.6. The van der Waals surface area contributed by atoms with Crippen LogP contribution in [0.25, 0.3) is 0 Å². The van der Waals surface area contributed by atoms with Gasteiger partial charge in [-0.1, -0.05) is 37.6 Å². The number of allylic oxidation sites excluding steroid dienone is 3. The summed E-state index contributed by atoms with van der Waals surface area (Å²) in [6.45, 7) is 2.32. The lowest BCUT2D eigenvalue weighted by molar-refractivity contribution is 0.227. The van der Waals surface area contributed by atoms with Crippen molar-refractivity contribution in [3.8, 4) is 0 Å². The van der Waals surface area contributed by atoms with Crippen LogP contribution in [0.5, 0.6) is 0 Å². The van der Waals surface area contributed by atoms with E-state index in [9.17, 15) is 18.4 Å². The molecule has 1 aromatic rings. The summed E-state index contributed by atoms with van der Waals surface area (Å²) in [6, 6.07) is 1.78. The average Bonchev–Trinajstić information content (AvgIpc) is 2.64. The molecule has 0 bridgehead atoms. The number of nitrogens with one attached hydrogen (secondary N) is 1. The molecule has 0 saturated carbocycles. The van der Waals surface area contributed by atoms with Gasteiger partial charge in [-0.25, -0.2) is 18.4 Å². The lowest BCUT2D eigenvalue weighted by Gasteiger charge is -2.31. The van der Waals surface area contributed by atoms with Crippen molar-refractivity contribution in [1.82, 2.24) is 4.90 Å². The van der Waals surface area contributed by atoms with Crippen LogP contribution in [0.1, 0.15) is 19.8 Å². The fourth-order valence-corrected chi connectivity index (χ4v) is 2.81. The van der Waals surface area contributed by atoms with Gasteiger partial charge in [-0.3, -0.25) is 4.90 Å². The van der Waals surface area contributed by atoms with Crippen LogP contribution in [0.3, 0.4) is 0 Å². The summed E-state index contributed by atoms with van der Waals surface area (Å²) >= 11 is 0. The topological polar surface area (TPSA) is 74.1 Å². The highest BCUT2D eigenvalue weighted by Crippen LogP contribution is 2.23. The second-order valence-corrected chi connectivity index (χ2v) is 6.04. The molecule has 1 N–H and O–H groups in total. The number of amidine groups is 1. The SMILES string of the molecule is CCCCN1C(=O)N=C2C=CC=CC2/C1=N/C(=O)Nc1c(F)cccc1F. The van der Waals surface area contributed by atoms with Crippen LogP contribution in [0.15, 0.2) is 52.5 Å². The van der Waals surface area contributed by atoms with Gasteiger partial charge in [-0.2, -0.15) is 9.98 Å². The van der Waals surface area contributed by atoms with Gasteiger partial charge in [0.2, 0.25) is 0 Å². The Kier molecular flexibility index (Phi) is 5.54. The zero-order valence-corrected chi connectivity index (χ0v) is 14.7.